The maximum absolute atomic E-state index is 5.42. The standard InChI is InChI=1S/C16H17N3OS/c1-11-7-17-15-13(5-4-6-14(15)20-3)16(11)19(2)8-12-9-21-10-18-12/h4-7,9-10H,8H2,1-3H3. The number of pyridine rings is 1. The Bertz CT molecular complexity index is 756. The van der Waals surface area contributed by atoms with Crippen molar-refractivity contribution in [2.75, 3.05) is 19.1 Å². The summed E-state index contributed by atoms with van der Waals surface area (Å²) in [5, 5.41) is 3.18. The summed E-state index contributed by atoms with van der Waals surface area (Å²) < 4.78 is 5.42. The SMILES string of the molecule is COc1cccc2c(N(C)Cc3cscn3)c(C)cnc12. The molecule has 0 fully saturated rings. The lowest BCUT2D eigenvalue weighted by molar-refractivity contribution is 0.419. The summed E-state index contributed by atoms with van der Waals surface area (Å²) in [7, 11) is 3.76. The fourth-order valence-corrected chi connectivity index (χ4v) is 3.14. The predicted octanol–water partition coefficient (Wildman–Crippen LogP) is 3.64. The number of para-hydroxylation sites is 1. The highest BCUT2D eigenvalue weighted by atomic mass is 32.1. The molecule has 108 valence electrons. The summed E-state index contributed by atoms with van der Waals surface area (Å²) in [5.41, 5.74) is 6.16. The van der Waals surface area contributed by atoms with Gasteiger partial charge in [-0.3, -0.25) is 4.98 Å². The van der Waals surface area contributed by atoms with E-state index in [0.717, 1.165) is 34.5 Å². The molecule has 0 aliphatic heterocycles. The first-order valence-electron chi connectivity index (χ1n) is 6.71. The number of rotatable bonds is 4. The van der Waals surface area contributed by atoms with Gasteiger partial charge in [0.05, 0.1) is 30.5 Å². The van der Waals surface area contributed by atoms with Gasteiger partial charge in [-0.1, -0.05) is 12.1 Å². The van der Waals surface area contributed by atoms with Crippen molar-refractivity contribution in [2.24, 2.45) is 0 Å². The van der Waals surface area contributed by atoms with Crippen LogP contribution in [0.5, 0.6) is 5.75 Å². The van der Waals surface area contributed by atoms with E-state index < -0.39 is 0 Å². The van der Waals surface area contributed by atoms with E-state index in [0.29, 0.717) is 0 Å². The first-order chi connectivity index (χ1) is 10.2. The molecular formula is C16H17N3OS. The van der Waals surface area contributed by atoms with Crippen LogP contribution in [0.15, 0.2) is 35.3 Å². The highest BCUT2D eigenvalue weighted by Crippen LogP contribution is 2.33. The first-order valence-corrected chi connectivity index (χ1v) is 7.65. The van der Waals surface area contributed by atoms with Crippen LogP contribution in [0, 0.1) is 6.92 Å². The number of hydrogen-bond donors (Lipinski definition) is 0. The van der Waals surface area contributed by atoms with Crippen LogP contribution in [0.4, 0.5) is 5.69 Å². The van der Waals surface area contributed by atoms with Crippen LogP contribution in [-0.4, -0.2) is 24.1 Å². The van der Waals surface area contributed by atoms with Crippen LogP contribution in [0.25, 0.3) is 10.9 Å². The molecule has 0 aliphatic carbocycles. The number of hydrogen-bond acceptors (Lipinski definition) is 5. The number of methoxy groups -OCH3 is 1. The maximum Gasteiger partial charge on any atom is 0.145 e. The van der Waals surface area contributed by atoms with E-state index in [2.05, 4.69) is 40.3 Å². The molecule has 2 heterocycles. The summed E-state index contributed by atoms with van der Waals surface area (Å²) in [5.74, 6) is 0.802. The van der Waals surface area contributed by atoms with Gasteiger partial charge in [-0.15, -0.1) is 11.3 Å². The van der Waals surface area contributed by atoms with Crippen LogP contribution >= 0.6 is 11.3 Å². The first kappa shape index (κ1) is 13.8. The number of aryl methyl sites for hydroxylation is 1. The Balaban J connectivity index is 2.10. The molecular weight excluding hydrogens is 282 g/mol. The number of benzene rings is 1. The van der Waals surface area contributed by atoms with Gasteiger partial charge in [0.1, 0.15) is 11.3 Å². The molecule has 0 amide bonds. The molecule has 0 radical (unpaired) electrons. The van der Waals surface area contributed by atoms with Gasteiger partial charge < -0.3 is 9.64 Å². The van der Waals surface area contributed by atoms with Gasteiger partial charge in [0.15, 0.2) is 0 Å². The Kier molecular flexibility index (Phi) is 3.75. The third kappa shape index (κ3) is 2.56. The molecule has 3 aromatic rings. The predicted molar refractivity (Wildman–Crippen MR) is 87.3 cm³/mol. The number of ether oxygens (including phenoxy) is 1. The lowest BCUT2D eigenvalue weighted by Gasteiger charge is -2.22. The Morgan fingerprint density at radius 3 is 2.86 bits per heavy atom. The minimum atomic E-state index is 0.778. The quantitative estimate of drug-likeness (QED) is 0.737. The summed E-state index contributed by atoms with van der Waals surface area (Å²) >= 11 is 1.62. The summed E-state index contributed by atoms with van der Waals surface area (Å²) in [6.07, 6.45) is 1.90. The zero-order chi connectivity index (χ0) is 14.8. The topological polar surface area (TPSA) is 38.2 Å². The van der Waals surface area contributed by atoms with Crippen LogP contribution in [0.1, 0.15) is 11.3 Å². The number of anilines is 1. The molecule has 3 rings (SSSR count). The van der Waals surface area contributed by atoms with Gasteiger partial charge in [0.2, 0.25) is 0 Å². The van der Waals surface area contributed by atoms with Crippen molar-refractivity contribution in [1.29, 1.82) is 0 Å². The molecule has 2 aromatic heterocycles. The van der Waals surface area contributed by atoms with Crippen LogP contribution in [0.2, 0.25) is 0 Å². The maximum atomic E-state index is 5.42. The lowest BCUT2D eigenvalue weighted by Crippen LogP contribution is -2.18. The van der Waals surface area contributed by atoms with Crippen molar-refractivity contribution < 1.29 is 4.74 Å². The van der Waals surface area contributed by atoms with Crippen molar-refractivity contribution in [1.82, 2.24) is 9.97 Å². The van der Waals surface area contributed by atoms with Gasteiger partial charge in [-0.25, -0.2) is 4.98 Å². The average Bonchev–Trinajstić information content (AvgIpc) is 2.98. The highest BCUT2D eigenvalue weighted by molar-refractivity contribution is 7.07. The normalized spacial score (nSPS) is 10.8. The smallest absolute Gasteiger partial charge is 0.145 e. The Morgan fingerprint density at radius 1 is 1.29 bits per heavy atom. The zero-order valence-corrected chi connectivity index (χ0v) is 13.1. The zero-order valence-electron chi connectivity index (χ0n) is 12.3. The second kappa shape index (κ2) is 5.69. The number of fused-ring (bicyclic) bond motifs is 1. The highest BCUT2D eigenvalue weighted by Gasteiger charge is 2.14. The van der Waals surface area contributed by atoms with Gasteiger partial charge >= 0.3 is 0 Å². The van der Waals surface area contributed by atoms with Crippen molar-refractivity contribution in [3.63, 3.8) is 0 Å². The number of thiazole rings is 1. The van der Waals surface area contributed by atoms with Gasteiger partial charge in [-0.05, 0) is 18.6 Å². The Labute approximate surface area is 128 Å². The minimum Gasteiger partial charge on any atom is -0.494 e. The summed E-state index contributed by atoms with van der Waals surface area (Å²) in [6, 6.07) is 6.03. The summed E-state index contributed by atoms with van der Waals surface area (Å²) in [4.78, 5) is 11.1. The van der Waals surface area contributed by atoms with Crippen LogP contribution in [0.3, 0.4) is 0 Å². The van der Waals surface area contributed by atoms with E-state index >= 15 is 0 Å². The van der Waals surface area contributed by atoms with E-state index in [-0.39, 0.29) is 0 Å². The molecule has 5 heteroatoms. The van der Waals surface area contributed by atoms with Crippen LogP contribution < -0.4 is 9.64 Å². The minimum absolute atomic E-state index is 0.778. The monoisotopic (exact) mass is 299 g/mol. The fourth-order valence-electron chi connectivity index (χ4n) is 2.59. The molecule has 0 unspecified atom stereocenters. The van der Waals surface area contributed by atoms with E-state index in [1.54, 1.807) is 18.4 Å². The van der Waals surface area contributed by atoms with E-state index in [4.69, 9.17) is 4.74 Å². The van der Waals surface area contributed by atoms with Crippen LogP contribution in [-0.2, 0) is 6.54 Å². The Morgan fingerprint density at radius 2 is 2.14 bits per heavy atom. The second-order valence-electron chi connectivity index (χ2n) is 4.98. The molecule has 0 bridgehead atoms. The largest absolute Gasteiger partial charge is 0.494 e. The molecule has 21 heavy (non-hydrogen) atoms. The molecule has 0 saturated heterocycles. The van der Waals surface area contributed by atoms with Crippen molar-refractivity contribution >= 4 is 27.9 Å². The van der Waals surface area contributed by atoms with E-state index in [1.807, 2.05) is 23.8 Å². The van der Waals surface area contributed by atoms with Gasteiger partial charge in [0, 0.05) is 24.0 Å². The average molecular weight is 299 g/mol. The van der Waals surface area contributed by atoms with E-state index in [9.17, 15) is 0 Å². The van der Waals surface area contributed by atoms with Crippen molar-refractivity contribution in [3.8, 4) is 5.75 Å². The van der Waals surface area contributed by atoms with Gasteiger partial charge in [0.25, 0.3) is 0 Å². The number of nitrogens with zero attached hydrogens (tertiary/aromatic N) is 3. The molecule has 0 spiro atoms. The van der Waals surface area contributed by atoms with E-state index in [1.165, 1.54) is 5.69 Å². The molecule has 0 N–H and O–H groups in total. The summed E-state index contributed by atoms with van der Waals surface area (Å²) in [6.45, 7) is 2.86. The Hall–Kier alpha value is -2.14. The molecule has 4 nitrogen and oxygen atoms in total. The molecule has 0 saturated carbocycles. The van der Waals surface area contributed by atoms with Crippen molar-refractivity contribution in [2.45, 2.75) is 13.5 Å². The lowest BCUT2D eigenvalue weighted by atomic mass is 10.1. The van der Waals surface area contributed by atoms with Gasteiger partial charge in [-0.2, -0.15) is 0 Å². The molecule has 0 atom stereocenters. The molecule has 0 aliphatic rings. The second-order valence-corrected chi connectivity index (χ2v) is 5.70. The fraction of sp³-hybridized carbons (Fsp3) is 0.250. The third-order valence-corrected chi connectivity index (χ3v) is 4.13. The third-order valence-electron chi connectivity index (χ3n) is 3.50. The van der Waals surface area contributed by atoms with Crippen molar-refractivity contribution in [3.05, 3.63) is 46.5 Å². The molecule has 1 aromatic carbocycles. The number of aromatic nitrogens is 2.